The summed E-state index contributed by atoms with van der Waals surface area (Å²) in [4.78, 5) is 23.7. The minimum atomic E-state index is -0.347. The van der Waals surface area contributed by atoms with Crippen LogP contribution < -0.4 is 20.7 Å². The summed E-state index contributed by atoms with van der Waals surface area (Å²) in [6.07, 6.45) is 0. The van der Waals surface area contributed by atoms with Crippen molar-refractivity contribution in [1.29, 1.82) is 0 Å². The molecule has 0 unspecified atom stereocenters. The lowest BCUT2D eigenvalue weighted by atomic mass is 10.2. The van der Waals surface area contributed by atoms with Crippen molar-refractivity contribution in [3.63, 3.8) is 0 Å². The molecule has 25 heavy (non-hydrogen) atoms. The van der Waals surface area contributed by atoms with Crippen molar-refractivity contribution in [1.82, 2.24) is 10.6 Å². The largest absolute Gasteiger partial charge is 0.484 e. The average molecular weight is 341 g/mol. The van der Waals surface area contributed by atoms with Crippen molar-refractivity contribution < 1.29 is 14.3 Å². The van der Waals surface area contributed by atoms with E-state index in [9.17, 15) is 9.59 Å². The van der Waals surface area contributed by atoms with Crippen molar-refractivity contribution in [3.05, 3.63) is 60.2 Å². The van der Waals surface area contributed by atoms with Crippen LogP contribution >= 0.6 is 0 Å². The molecule has 6 heteroatoms. The first-order valence-electron chi connectivity index (χ1n) is 8.21. The van der Waals surface area contributed by atoms with Gasteiger partial charge in [0.1, 0.15) is 5.75 Å². The Balaban J connectivity index is 1.72. The highest BCUT2D eigenvalue weighted by Gasteiger charge is 2.07. The van der Waals surface area contributed by atoms with Gasteiger partial charge in [0, 0.05) is 12.2 Å². The predicted molar refractivity (Wildman–Crippen MR) is 97.4 cm³/mol. The van der Waals surface area contributed by atoms with Gasteiger partial charge in [0.25, 0.3) is 5.91 Å². The number of anilines is 1. The van der Waals surface area contributed by atoms with Crippen LogP contribution in [0.4, 0.5) is 5.69 Å². The topological polar surface area (TPSA) is 79.5 Å². The van der Waals surface area contributed by atoms with Crippen molar-refractivity contribution in [2.45, 2.75) is 13.5 Å². The van der Waals surface area contributed by atoms with E-state index in [0.717, 1.165) is 18.7 Å². The Bertz CT molecular complexity index is 689. The molecule has 2 aromatic carbocycles. The van der Waals surface area contributed by atoms with Crippen LogP contribution in [0.5, 0.6) is 5.75 Å². The fraction of sp³-hybridized carbons (Fsp3) is 0.263. The SMILES string of the molecule is CCNCc1cccc(NC(=O)CNC(=O)COc2ccccc2)c1. The van der Waals surface area contributed by atoms with Gasteiger partial charge < -0.3 is 20.7 Å². The number of benzene rings is 2. The number of rotatable bonds is 9. The first-order chi connectivity index (χ1) is 12.2. The second-order valence-electron chi connectivity index (χ2n) is 5.41. The standard InChI is InChI=1S/C19H23N3O3/c1-2-20-12-15-7-6-8-16(11-15)22-18(23)13-21-19(24)14-25-17-9-4-3-5-10-17/h3-11,20H,2,12-14H2,1H3,(H,21,24)(H,22,23). The van der Waals surface area contributed by atoms with E-state index in [1.54, 1.807) is 12.1 Å². The molecule has 0 fully saturated rings. The van der Waals surface area contributed by atoms with E-state index in [2.05, 4.69) is 16.0 Å². The van der Waals surface area contributed by atoms with Gasteiger partial charge in [0.15, 0.2) is 6.61 Å². The molecule has 0 radical (unpaired) electrons. The molecule has 2 amide bonds. The normalized spacial score (nSPS) is 10.1. The Hall–Kier alpha value is -2.86. The molecule has 0 aromatic heterocycles. The van der Waals surface area contributed by atoms with E-state index in [1.165, 1.54) is 0 Å². The molecule has 0 saturated carbocycles. The second-order valence-corrected chi connectivity index (χ2v) is 5.41. The molecule has 0 saturated heterocycles. The number of nitrogens with one attached hydrogen (secondary N) is 3. The third-order valence-corrected chi connectivity index (χ3v) is 3.35. The van der Waals surface area contributed by atoms with Crippen LogP contribution in [0.15, 0.2) is 54.6 Å². The van der Waals surface area contributed by atoms with Crippen molar-refractivity contribution in [3.8, 4) is 5.75 Å². The summed E-state index contributed by atoms with van der Waals surface area (Å²) in [6, 6.07) is 16.6. The van der Waals surface area contributed by atoms with Crippen LogP contribution in [0.25, 0.3) is 0 Å². The maximum absolute atomic E-state index is 11.9. The molecule has 3 N–H and O–H groups in total. The van der Waals surface area contributed by atoms with Crippen molar-refractivity contribution in [2.75, 3.05) is 25.0 Å². The van der Waals surface area contributed by atoms with Gasteiger partial charge in [-0.3, -0.25) is 9.59 Å². The predicted octanol–water partition coefficient (Wildman–Crippen LogP) is 1.93. The summed E-state index contributed by atoms with van der Waals surface area (Å²) in [5.74, 6) is -0.0202. The zero-order valence-electron chi connectivity index (χ0n) is 14.2. The van der Waals surface area contributed by atoms with E-state index < -0.39 is 0 Å². The minimum absolute atomic E-state index is 0.103. The van der Waals surface area contributed by atoms with E-state index in [1.807, 2.05) is 49.4 Å². The first kappa shape index (κ1) is 18.5. The fourth-order valence-electron chi connectivity index (χ4n) is 2.13. The fourth-order valence-corrected chi connectivity index (χ4v) is 2.13. The molecule has 0 spiro atoms. The molecular formula is C19H23N3O3. The van der Waals surface area contributed by atoms with Crippen LogP contribution in [-0.4, -0.2) is 31.5 Å². The maximum atomic E-state index is 11.9. The Morgan fingerprint density at radius 3 is 2.56 bits per heavy atom. The third kappa shape index (κ3) is 7.05. The van der Waals surface area contributed by atoms with Crippen molar-refractivity contribution >= 4 is 17.5 Å². The van der Waals surface area contributed by atoms with E-state index in [4.69, 9.17) is 4.74 Å². The molecule has 6 nitrogen and oxygen atoms in total. The Morgan fingerprint density at radius 2 is 1.80 bits per heavy atom. The lowest BCUT2D eigenvalue weighted by Gasteiger charge is -2.09. The molecular weight excluding hydrogens is 318 g/mol. The van der Waals surface area contributed by atoms with Crippen LogP contribution in [-0.2, 0) is 16.1 Å². The van der Waals surface area contributed by atoms with Gasteiger partial charge in [0.05, 0.1) is 6.54 Å². The summed E-state index contributed by atoms with van der Waals surface area (Å²) in [6.45, 7) is 3.43. The maximum Gasteiger partial charge on any atom is 0.258 e. The molecule has 0 aliphatic rings. The summed E-state index contributed by atoms with van der Waals surface area (Å²) in [5.41, 5.74) is 1.79. The van der Waals surface area contributed by atoms with Crippen LogP contribution in [0.3, 0.4) is 0 Å². The zero-order valence-corrected chi connectivity index (χ0v) is 14.2. The number of hydrogen-bond donors (Lipinski definition) is 3. The lowest BCUT2D eigenvalue weighted by molar-refractivity contribution is -0.125. The Morgan fingerprint density at radius 1 is 1.00 bits per heavy atom. The third-order valence-electron chi connectivity index (χ3n) is 3.35. The second kappa shape index (κ2) is 10.1. The van der Waals surface area contributed by atoms with Crippen LogP contribution in [0.2, 0.25) is 0 Å². The highest BCUT2D eigenvalue weighted by Crippen LogP contribution is 2.10. The van der Waals surface area contributed by atoms with Gasteiger partial charge in [0.2, 0.25) is 5.91 Å². The highest BCUT2D eigenvalue weighted by molar-refractivity contribution is 5.94. The molecule has 0 aliphatic heterocycles. The van der Waals surface area contributed by atoms with Gasteiger partial charge >= 0.3 is 0 Å². The molecule has 0 atom stereocenters. The van der Waals surface area contributed by atoms with E-state index in [-0.39, 0.29) is 25.0 Å². The molecule has 0 aliphatic carbocycles. The van der Waals surface area contributed by atoms with Crippen LogP contribution in [0.1, 0.15) is 12.5 Å². The summed E-state index contributed by atoms with van der Waals surface area (Å²) in [7, 11) is 0. The summed E-state index contributed by atoms with van der Waals surface area (Å²) >= 11 is 0. The first-order valence-corrected chi connectivity index (χ1v) is 8.21. The number of amides is 2. The number of carbonyl (C=O) groups is 2. The van der Waals surface area contributed by atoms with E-state index in [0.29, 0.717) is 11.4 Å². The monoisotopic (exact) mass is 341 g/mol. The number of carbonyl (C=O) groups excluding carboxylic acids is 2. The van der Waals surface area contributed by atoms with E-state index >= 15 is 0 Å². The smallest absolute Gasteiger partial charge is 0.258 e. The van der Waals surface area contributed by atoms with Gasteiger partial charge in [-0.2, -0.15) is 0 Å². The molecule has 132 valence electrons. The number of hydrogen-bond acceptors (Lipinski definition) is 4. The Labute approximate surface area is 147 Å². The number of para-hydroxylation sites is 1. The lowest BCUT2D eigenvalue weighted by Crippen LogP contribution is -2.35. The molecule has 2 aromatic rings. The minimum Gasteiger partial charge on any atom is -0.484 e. The highest BCUT2D eigenvalue weighted by atomic mass is 16.5. The summed E-state index contributed by atoms with van der Waals surface area (Å²) < 4.78 is 5.32. The Kier molecular flexibility index (Phi) is 7.46. The molecule has 2 rings (SSSR count). The van der Waals surface area contributed by atoms with Gasteiger partial charge in [-0.15, -0.1) is 0 Å². The average Bonchev–Trinajstić information content (AvgIpc) is 2.64. The summed E-state index contributed by atoms with van der Waals surface area (Å²) in [5, 5.41) is 8.53. The molecule has 0 bridgehead atoms. The van der Waals surface area contributed by atoms with Gasteiger partial charge in [-0.1, -0.05) is 37.3 Å². The van der Waals surface area contributed by atoms with Gasteiger partial charge in [-0.05, 0) is 36.4 Å². The zero-order chi connectivity index (χ0) is 17.9. The van der Waals surface area contributed by atoms with Crippen molar-refractivity contribution in [2.24, 2.45) is 0 Å². The van der Waals surface area contributed by atoms with Gasteiger partial charge in [-0.25, -0.2) is 0 Å². The molecule has 0 heterocycles. The quantitative estimate of drug-likeness (QED) is 0.651. The van der Waals surface area contributed by atoms with Crippen LogP contribution in [0, 0.1) is 0 Å². The number of ether oxygens (including phenoxy) is 1.